The van der Waals surface area contributed by atoms with Gasteiger partial charge < -0.3 is 10.1 Å². The zero-order valence-electron chi connectivity index (χ0n) is 10.2. The van der Waals surface area contributed by atoms with Crippen molar-refractivity contribution < 1.29 is 9.13 Å². The molecule has 0 atom stereocenters. The highest BCUT2D eigenvalue weighted by atomic mass is 19.1. The average Bonchev–Trinajstić information content (AvgIpc) is 2.26. The fraction of sp³-hybridized carbons (Fsp3) is 0.538. The fourth-order valence-corrected chi connectivity index (χ4v) is 1.38. The molecule has 0 aliphatic heterocycles. The second-order valence-electron chi connectivity index (χ2n) is 4.10. The Morgan fingerprint density at radius 3 is 2.75 bits per heavy atom. The zero-order chi connectivity index (χ0) is 12.0. The summed E-state index contributed by atoms with van der Waals surface area (Å²) in [7, 11) is 0. The molecule has 0 fully saturated rings. The molecule has 0 spiro atoms. The third-order valence-corrected chi connectivity index (χ3v) is 2.29. The first kappa shape index (κ1) is 13.1. The van der Waals surface area contributed by atoms with Gasteiger partial charge in [0, 0.05) is 24.8 Å². The van der Waals surface area contributed by atoms with Crippen molar-refractivity contribution in [1.82, 2.24) is 5.32 Å². The van der Waals surface area contributed by atoms with Crippen LogP contribution in [0.15, 0.2) is 18.2 Å². The topological polar surface area (TPSA) is 21.3 Å². The maximum Gasteiger partial charge on any atom is 0.128 e. The minimum absolute atomic E-state index is 0.193. The van der Waals surface area contributed by atoms with Crippen LogP contribution in [0, 0.1) is 5.82 Å². The summed E-state index contributed by atoms with van der Waals surface area (Å²) in [6, 6.07) is 5.60. The molecule has 0 amide bonds. The van der Waals surface area contributed by atoms with Gasteiger partial charge in [0.05, 0.1) is 6.61 Å². The fourth-order valence-electron chi connectivity index (χ4n) is 1.38. The minimum Gasteiger partial charge on any atom is -0.377 e. The third kappa shape index (κ3) is 4.29. The molecule has 0 unspecified atom stereocenters. The molecule has 0 aliphatic rings. The number of hydrogen-bond acceptors (Lipinski definition) is 2. The van der Waals surface area contributed by atoms with Gasteiger partial charge in [-0.25, -0.2) is 4.39 Å². The molecule has 1 N–H and O–H groups in total. The average molecular weight is 225 g/mol. The predicted octanol–water partition coefficient (Wildman–Crippen LogP) is 2.86. The van der Waals surface area contributed by atoms with Crippen molar-refractivity contribution in [1.29, 1.82) is 0 Å². The second-order valence-corrected chi connectivity index (χ2v) is 4.10. The van der Waals surface area contributed by atoms with E-state index >= 15 is 0 Å². The van der Waals surface area contributed by atoms with Crippen LogP contribution in [0.4, 0.5) is 4.39 Å². The minimum atomic E-state index is -0.193. The lowest BCUT2D eigenvalue weighted by Crippen LogP contribution is -2.21. The molecule has 0 saturated carbocycles. The van der Waals surface area contributed by atoms with Crippen molar-refractivity contribution in [2.24, 2.45) is 0 Å². The first-order chi connectivity index (χ1) is 7.63. The van der Waals surface area contributed by atoms with Crippen molar-refractivity contribution in [3.05, 3.63) is 35.1 Å². The number of halogens is 1. The summed E-state index contributed by atoms with van der Waals surface area (Å²) < 4.78 is 18.6. The molecular formula is C13H20FNO. The van der Waals surface area contributed by atoms with E-state index in [4.69, 9.17) is 4.74 Å². The predicted molar refractivity (Wildman–Crippen MR) is 63.7 cm³/mol. The SMILES string of the molecule is CCOCc1cc(CNC(C)C)ccc1F. The molecular weight excluding hydrogens is 205 g/mol. The van der Waals surface area contributed by atoms with Gasteiger partial charge in [0.2, 0.25) is 0 Å². The van der Waals surface area contributed by atoms with Crippen LogP contribution in [0.3, 0.4) is 0 Å². The lowest BCUT2D eigenvalue weighted by atomic mass is 10.1. The van der Waals surface area contributed by atoms with Crippen molar-refractivity contribution in [2.45, 2.75) is 40.0 Å². The van der Waals surface area contributed by atoms with E-state index in [9.17, 15) is 4.39 Å². The summed E-state index contributed by atoms with van der Waals surface area (Å²) in [5.41, 5.74) is 1.72. The molecule has 2 nitrogen and oxygen atoms in total. The van der Waals surface area contributed by atoms with Crippen molar-refractivity contribution in [2.75, 3.05) is 6.61 Å². The lowest BCUT2D eigenvalue weighted by molar-refractivity contribution is 0.131. The maximum atomic E-state index is 13.4. The summed E-state index contributed by atoms with van der Waals surface area (Å²) in [5.74, 6) is -0.193. The van der Waals surface area contributed by atoms with E-state index in [1.807, 2.05) is 13.0 Å². The molecule has 0 saturated heterocycles. The summed E-state index contributed by atoms with van der Waals surface area (Å²) in [5, 5.41) is 3.30. The molecule has 0 radical (unpaired) electrons. The maximum absolute atomic E-state index is 13.4. The van der Waals surface area contributed by atoms with Crippen LogP contribution >= 0.6 is 0 Å². The standard InChI is InChI=1S/C13H20FNO/c1-4-16-9-12-7-11(5-6-13(12)14)8-15-10(2)3/h5-7,10,15H,4,8-9H2,1-3H3. The van der Waals surface area contributed by atoms with E-state index in [-0.39, 0.29) is 5.82 Å². The highest BCUT2D eigenvalue weighted by Gasteiger charge is 2.04. The van der Waals surface area contributed by atoms with Gasteiger partial charge in [-0.1, -0.05) is 19.9 Å². The smallest absolute Gasteiger partial charge is 0.128 e. The first-order valence-corrected chi connectivity index (χ1v) is 5.72. The Bertz CT molecular complexity index is 326. The molecule has 0 aromatic heterocycles. The number of ether oxygens (including phenoxy) is 1. The van der Waals surface area contributed by atoms with E-state index in [0.717, 1.165) is 12.1 Å². The van der Waals surface area contributed by atoms with Gasteiger partial charge in [0.15, 0.2) is 0 Å². The first-order valence-electron chi connectivity index (χ1n) is 5.72. The van der Waals surface area contributed by atoms with Gasteiger partial charge in [-0.2, -0.15) is 0 Å². The van der Waals surface area contributed by atoms with Crippen LogP contribution in [0.25, 0.3) is 0 Å². The van der Waals surface area contributed by atoms with Crippen molar-refractivity contribution in [3.8, 4) is 0 Å². The number of benzene rings is 1. The monoisotopic (exact) mass is 225 g/mol. The van der Waals surface area contributed by atoms with Gasteiger partial charge >= 0.3 is 0 Å². The van der Waals surface area contributed by atoms with Gasteiger partial charge in [0.25, 0.3) is 0 Å². The molecule has 0 bridgehead atoms. The van der Waals surface area contributed by atoms with Gasteiger partial charge in [-0.15, -0.1) is 0 Å². The Labute approximate surface area is 96.8 Å². The highest BCUT2D eigenvalue weighted by Crippen LogP contribution is 2.12. The summed E-state index contributed by atoms with van der Waals surface area (Å²) in [4.78, 5) is 0. The van der Waals surface area contributed by atoms with E-state index < -0.39 is 0 Å². The van der Waals surface area contributed by atoms with Crippen LogP contribution in [0.5, 0.6) is 0 Å². The van der Waals surface area contributed by atoms with Gasteiger partial charge in [-0.05, 0) is 24.6 Å². The second kappa shape index (κ2) is 6.61. The molecule has 16 heavy (non-hydrogen) atoms. The van der Waals surface area contributed by atoms with Crippen LogP contribution in [-0.4, -0.2) is 12.6 Å². The number of nitrogens with one attached hydrogen (secondary N) is 1. The molecule has 3 heteroatoms. The van der Waals surface area contributed by atoms with Crippen molar-refractivity contribution >= 4 is 0 Å². The Kier molecular flexibility index (Phi) is 5.43. The normalized spacial score (nSPS) is 11.1. The van der Waals surface area contributed by atoms with Crippen molar-refractivity contribution in [3.63, 3.8) is 0 Å². The number of rotatable bonds is 6. The molecule has 1 aromatic rings. The van der Waals surface area contributed by atoms with Gasteiger partial charge in [0.1, 0.15) is 5.82 Å². The molecule has 1 rings (SSSR count). The van der Waals surface area contributed by atoms with Crippen LogP contribution in [-0.2, 0) is 17.9 Å². The Morgan fingerprint density at radius 2 is 2.12 bits per heavy atom. The molecule has 1 aromatic carbocycles. The lowest BCUT2D eigenvalue weighted by Gasteiger charge is -2.10. The number of hydrogen-bond donors (Lipinski definition) is 1. The van der Waals surface area contributed by atoms with E-state index in [1.54, 1.807) is 6.07 Å². The van der Waals surface area contributed by atoms with Crippen LogP contribution in [0.2, 0.25) is 0 Å². The van der Waals surface area contributed by atoms with Crippen LogP contribution in [0.1, 0.15) is 31.9 Å². The zero-order valence-corrected chi connectivity index (χ0v) is 10.2. The summed E-state index contributed by atoms with van der Waals surface area (Å²) in [6.07, 6.45) is 0. The van der Waals surface area contributed by atoms with Crippen LogP contribution < -0.4 is 5.32 Å². The quantitative estimate of drug-likeness (QED) is 0.803. The largest absolute Gasteiger partial charge is 0.377 e. The van der Waals surface area contributed by atoms with E-state index in [2.05, 4.69) is 19.2 Å². The molecule has 0 heterocycles. The third-order valence-electron chi connectivity index (χ3n) is 2.29. The van der Waals surface area contributed by atoms with E-state index in [0.29, 0.717) is 24.8 Å². The molecule has 0 aliphatic carbocycles. The highest BCUT2D eigenvalue weighted by molar-refractivity contribution is 5.24. The Hall–Kier alpha value is -0.930. The summed E-state index contributed by atoms with van der Waals surface area (Å²) >= 11 is 0. The molecule has 90 valence electrons. The van der Waals surface area contributed by atoms with E-state index in [1.165, 1.54) is 6.07 Å². The Balaban J connectivity index is 2.65. The summed E-state index contributed by atoms with van der Waals surface area (Å²) in [6.45, 7) is 7.79. The Morgan fingerprint density at radius 1 is 1.38 bits per heavy atom. The van der Waals surface area contributed by atoms with Gasteiger partial charge in [-0.3, -0.25) is 0 Å².